The maximum absolute atomic E-state index is 13.3. The summed E-state index contributed by atoms with van der Waals surface area (Å²) in [7, 11) is 0. The van der Waals surface area contributed by atoms with Crippen molar-refractivity contribution >= 4 is 29.2 Å². The molecule has 2 aliphatic rings. The molecule has 0 bridgehead atoms. The first kappa shape index (κ1) is 19.0. The SMILES string of the molecule is Cl.NC1CCC2CN(C(=O)c3cn(Cc4ccccc4)c4ccccc34)CC12. The van der Waals surface area contributed by atoms with E-state index in [0.717, 1.165) is 48.9 Å². The zero-order valence-electron chi connectivity index (χ0n) is 15.8. The van der Waals surface area contributed by atoms with E-state index >= 15 is 0 Å². The fraction of sp³-hybridized carbons (Fsp3) is 0.348. The van der Waals surface area contributed by atoms with Crippen LogP contribution < -0.4 is 5.73 Å². The molecule has 146 valence electrons. The number of carbonyl (C=O) groups excluding carboxylic acids is 1. The van der Waals surface area contributed by atoms with Gasteiger partial charge in [0.1, 0.15) is 0 Å². The number of carbonyl (C=O) groups is 1. The lowest BCUT2D eigenvalue weighted by atomic mass is 9.98. The monoisotopic (exact) mass is 395 g/mol. The predicted molar refractivity (Wildman–Crippen MR) is 115 cm³/mol. The van der Waals surface area contributed by atoms with Gasteiger partial charge in [0.25, 0.3) is 5.91 Å². The van der Waals surface area contributed by atoms with Crippen molar-refractivity contribution in [3.63, 3.8) is 0 Å². The van der Waals surface area contributed by atoms with Crippen molar-refractivity contribution in [2.75, 3.05) is 13.1 Å². The fourth-order valence-electron chi connectivity index (χ4n) is 4.97. The van der Waals surface area contributed by atoms with Gasteiger partial charge in [0.05, 0.1) is 5.56 Å². The van der Waals surface area contributed by atoms with Crippen LogP contribution in [0.5, 0.6) is 0 Å². The molecule has 5 rings (SSSR count). The quantitative estimate of drug-likeness (QED) is 0.730. The second-order valence-electron chi connectivity index (χ2n) is 8.05. The van der Waals surface area contributed by atoms with Crippen LogP contribution in [0.4, 0.5) is 0 Å². The minimum Gasteiger partial charge on any atom is -0.342 e. The van der Waals surface area contributed by atoms with Crippen molar-refractivity contribution in [3.05, 3.63) is 71.9 Å². The zero-order chi connectivity index (χ0) is 18.4. The standard InChI is InChI=1S/C23H25N3O.ClH/c24-21-11-10-17-13-26(14-19(17)21)23(27)20-15-25(12-16-6-2-1-3-7-16)22-9-5-4-8-18(20)22;/h1-9,15,17,19,21H,10-14,24H2;1H. The van der Waals surface area contributed by atoms with Gasteiger partial charge in [-0.2, -0.15) is 0 Å². The Morgan fingerprint density at radius 2 is 1.75 bits per heavy atom. The first-order valence-corrected chi connectivity index (χ1v) is 9.87. The second-order valence-corrected chi connectivity index (χ2v) is 8.05. The predicted octanol–water partition coefficient (Wildman–Crippen LogP) is 3.92. The van der Waals surface area contributed by atoms with E-state index in [-0.39, 0.29) is 24.4 Å². The number of hydrogen-bond acceptors (Lipinski definition) is 2. The molecule has 1 aliphatic carbocycles. The van der Waals surface area contributed by atoms with Crippen LogP contribution in [0.25, 0.3) is 10.9 Å². The molecule has 2 heterocycles. The Morgan fingerprint density at radius 3 is 2.54 bits per heavy atom. The second kappa shape index (κ2) is 7.61. The van der Waals surface area contributed by atoms with Crippen LogP contribution in [0, 0.1) is 11.8 Å². The molecule has 4 nitrogen and oxygen atoms in total. The van der Waals surface area contributed by atoms with Crippen LogP contribution >= 0.6 is 12.4 Å². The van der Waals surface area contributed by atoms with Crippen molar-refractivity contribution in [1.29, 1.82) is 0 Å². The van der Waals surface area contributed by atoms with Gasteiger partial charge in [-0.05, 0) is 36.3 Å². The molecule has 5 heteroatoms. The summed E-state index contributed by atoms with van der Waals surface area (Å²) < 4.78 is 2.19. The maximum atomic E-state index is 13.3. The molecule has 3 unspecified atom stereocenters. The molecule has 1 saturated carbocycles. The van der Waals surface area contributed by atoms with Crippen molar-refractivity contribution in [2.45, 2.75) is 25.4 Å². The number of likely N-dealkylation sites (tertiary alicyclic amines) is 1. The lowest BCUT2D eigenvalue weighted by Crippen LogP contribution is -2.33. The molecule has 2 N–H and O–H groups in total. The van der Waals surface area contributed by atoms with Gasteiger partial charge in [-0.15, -0.1) is 12.4 Å². The van der Waals surface area contributed by atoms with Gasteiger partial charge in [0.2, 0.25) is 0 Å². The van der Waals surface area contributed by atoms with E-state index in [4.69, 9.17) is 5.73 Å². The lowest BCUT2D eigenvalue weighted by molar-refractivity contribution is 0.0781. The van der Waals surface area contributed by atoms with Crippen LogP contribution in [0.15, 0.2) is 60.8 Å². The van der Waals surface area contributed by atoms with Gasteiger partial charge in [0.15, 0.2) is 0 Å². The van der Waals surface area contributed by atoms with Gasteiger partial charge in [-0.1, -0.05) is 48.5 Å². The van der Waals surface area contributed by atoms with Crippen LogP contribution in [-0.4, -0.2) is 34.5 Å². The number of benzene rings is 2. The van der Waals surface area contributed by atoms with E-state index in [2.05, 4.69) is 41.0 Å². The molecule has 1 aromatic heterocycles. The smallest absolute Gasteiger partial charge is 0.256 e. The molecule has 2 aromatic carbocycles. The average Bonchev–Trinajstić information content (AvgIpc) is 3.37. The molecule has 2 fully saturated rings. The number of rotatable bonds is 3. The minimum atomic E-state index is 0. The summed E-state index contributed by atoms with van der Waals surface area (Å²) in [6.07, 6.45) is 4.30. The van der Waals surface area contributed by atoms with E-state index in [0.29, 0.717) is 11.8 Å². The number of hydrogen-bond donors (Lipinski definition) is 1. The van der Waals surface area contributed by atoms with E-state index in [1.54, 1.807) is 0 Å². The minimum absolute atomic E-state index is 0. The van der Waals surface area contributed by atoms with Gasteiger partial charge < -0.3 is 15.2 Å². The Labute approximate surface area is 171 Å². The largest absolute Gasteiger partial charge is 0.342 e. The molecule has 28 heavy (non-hydrogen) atoms. The molecule has 1 saturated heterocycles. The Hall–Kier alpha value is -2.30. The summed E-state index contributed by atoms with van der Waals surface area (Å²) in [5.41, 5.74) is 9.42. The third-order valence-corrected chi connectivity index (χ3v) is 6.41. The Morgan fingerprint density at radius 1 is 1.00 bits per heavy atom. The number of para-hydroxylation sites is 1. The summed E-state index contributed by atoms with van der Waals surface area (Å²) >= 11 is 0. The maximum Gasteiger partial charge on any atom is 0.256 e. The van der Waals surface area contributed by atoms with Crippen molar-refractivity contribution < 1.29 is 4.79 Å². The number of nitrogens with two attached hydrogens (primary N) is 1. The van der Waals surface area contributed by atoms with E-state index < -0.39 is 0 Å². The summed E-state index contributed by atoms with van der Waals surface area (Å²) in [6, 6.07) is 18.9. The van der Waals surface area contributed by atoms with Crippen LogP contribution in [0.1, 0.15) is 28.8 Å². The number of halogens is 1. The molecule has 3 atom stereocenters. The van der Waals surface area contributed by atoms with Crippen molar-refractivity contribution in [3.8, 4) is 0 Å². The van der Waals surface area contributed by atoms with Gasteiger partial charge in [0, 0.05) is 42.8 Å². The number of aromatic nitrogens is 1. The number of nitrogens with zero attached hydrogens (tertiary/aromatic N) is 2. The van der Waals surface area contributed by atoms with Crippen LogP contribution in [-0.2, 0) is 6.54 Å². The highest BCUT2D eigenvalue weighted by molar-refractivity contribution is 6.07. The highest BCUT2D eigenvalue weighted by Gasteiger charge is 2.42. The molecular formula is C23H26ClN3O. The number of amides is 1. The topological polar surface area (TPSA) is 51.3 Å². The van der Waals surface area contributed by atoms with E-state index in [1.165, 1.54) is 5.56 Å². The Balaban J connectivity index is 0.00000192. The van der Waals surface area contributed by atoms with E-state index in [1.807, 2.05) is 29.3 Å². The Kier molecular flexibility index (Phi) is 5.17. The fourth-order valence-corrected chi connectivity index (χ4v) is 4.97. The third-order valence-electron chi connectivity index (χ3n) is 6.41. The summed E-state index contributed by atoms with van der Waals surface area (Å²) in [6.45, 7) is 2.43. The lowest BCUT2D eigenvalue weighted by Gasteiger charge is -2.18. The van der Waals surface area contributed by atoms with E-state index in [9.17, 15) is 4.79 Å². The summed E-state index contributed by atoms with van der Waals surface area (Å²) in [5.74, 6) is 1.22. The van der Waals surface area contributed by atoms with Crippen molar-refractivity contribution in [2.24, 2.45) is 17.6 Å². The summed E-state index contributed by atoms with van der Waals surface area (Å²) in [4.78, 5) is 15.4. The van der Waals surface area contributed by atoms with Gasteiger partial charge in [-0.25, -0.2) is 0 Å². The first-order valence-electron chi connectivity index (χ1n) is 9.87. The first-order chi connectivity index (χ1) is 13.2. The highest BCUT2D eigenvalue weighted by Crippen LogP contribution is 2.38. The van der Waals surface area contributed by atoms with Crippen LogP contribution in [0.2, 0.25) is 0 Å². The van der Waals surface area contributed by atoms with Gasteiger partial charge in [-0.3, -0.25) is 4.79 Å². The van der Waals surface area contributed by atoms with Crippen molar-refractivity contribution in [1.82, 2.24) is 9.47 Å². The van der Waals surface area contributed by atoms with Gasteiger partial charge >= 0.3 is 0 Å². The summed E-state index contributed by atoms with van der Waals surface area (Å²) in [5, 5.41) is 1.04. The molecule has 0 radical (unpaired) electrons. The molecule has 0 spiro atoms. The normalized spacial score (nSPS) is 23.6. The zero-order valence-corrected chi connectivity index (χ0v) is 16.6. The van der Waals surface area contributed by atoms with Crippen LogP contribution in [0.3, 0.4) is 0 Å². The Bertz CT molecular complexity index is 984. The molecule has 1 amide bonds. The molecular weight excluding hydrogens is 370 g/mol. The number of fused-ring (bicyclic) bond motifs is 2. The average molecular weight is 396 g/mol. The molecule has 1 aliphatic heterocycles. The molecule has 3 aromatic rings. The third kappa shape index (κ3) is 3.21. The highest BCUT2D eigenvalue weighted by atomic mass is 35.5.